The fraction of sp³-hybridized carbons (Fsp3) is 0.500. The third-order valence-corrected chi connectivity index (χ3v) is 4.11. The minimum atomic E-state index is -3.46. The highest BCUT2D eigenvalue weighted by molar-refractivity contribution is 7.92. The number of nitrogens with one attached hydrogen (secondary N) is 1. The lowest BCUT2D eigenvalue weighted by atomic mass is 10.2. The Bertz CT molecular complexity index is 601. The van der Waals surface area contributed by atoms with Crippen LogP contribution >= 0.6 is 0 Å². The zero-order valence-electron chi connectivity index (χ0n) is 12.0. The molecule has 0 saturated heterocycles. The number of rotatable bonds is 6. The minimum absolute atomic E-state index is 0.141. The zero-order chi connectivity index (χ0) is 15.5. The predicted molar refractivity (Wildman–Crippen MR) is 79.4 cm³/mol. The Morgan fingerprint density at radius 3 is 2.55 bits per heavy atom. The van der Waals surface area contributed by atoms with E-state index >= 15 is 0 Å². The summed E-state index contributed by atoms with van der Waals surface area (Å²) in [6.07, 6.45) is 1.92. The molecule has 8 heteroatoms. The van der Waals surface area contributed by atoms with E-state index in [0.29, 0.717) is 5.82 Å². The van der Waals surface area contributed by atoms with Crippen molar-refractivity contribution < 1.29 is 13.2 Å². The number of hydrogen-bond donors (Lipinski definition) is 2. The number of anilines is 2. The van der Waals surface area contributed by atoms with E-state index in [1.165, 1.54) is 19.2 Å². The highest BCUT2D eigenvalue weighted by Crippen LogP contribution is 2.19. The molecule has 1 atom stereocenters. The van der Waals surface area contributed by atoms with Crippen LogP contribution in [0.25, 0.3) is 0 Å². The van der Waals surface area contributed by atoms with Crippen LogP contribution in [0.15, 0.2) is 12.1 Å². The molecule has 0 aliphatic heterocycles. The number of aromatic nitrogens is 1. The van der Waals surface area contributed by atoms with Crippen LogP contribution in [0.2, 0.25) is 0 Å². The van der Waals surface area contributed by atoms with Crippen LogP contribution < -0.4 is 15.4 Å². The number of amides is 1. The third-order valence-electron chi connectivity index (χ3n) is 2.92. The number of carbonyl (C=O) groups is 1. The van der Waals surface area contributed by atoms with E-state index in [-0.39, 0.29) is 17.4 Å². The Hall–Kier alpha value is -1.83. The summed E-state index contributed by atoms with van der Waals surface area (Å²) in [4.78, 5) is 15.5. The summed E-state index contributed by atoms with van der Waals surface area (Å²) < 4.78 is 24.1. The van der Waals surface area contributed by atoms with Crippen LogP contribution in [-0.2, 0) is 10.0 Å². The molecule has 0 fully saturated rings. The van der Waals surface area contributed by atoms with Crippen LogP contribution in [0.3, 0.4) is 0 Å². The summed E-state index contributed by atoms with van der Waals surface area (Å²) in [6, 6.07) is 3.00. The smallest absolute Gasteiger partial charge is 0.248 e. The van der Waals surface area contributed by atoms with E-state index in [4.69, 9.17) is 5.73 Å². The number of carbonyl (C=O) groups excluding carboxylic acids is 1. The molecule has 0 radical (unpaired) electrons. The van der Waals surface area contributed by atoms with Gasteiger partial charge in [0.2, 0.25) is 15.9 Å². The number of nitrogens with two attached hydrogens (primary N) is 1. The number of nitrogens with zero attached hydrogens (tertiary/aromatic N) is 2. The van der Waals surface area contributed by atoms with Gasteiger partial charge >= 0.3 is 0 Å². The summed E-state index contributed by atoms with van der Waals surface area (Å²) in [5.74, 6) is -0.0708. The minimum Gasteiger partial charge on any atom is -0.368 e. The molecule has 0 aliphatic carbocycles. The molecule has 1 amide bonds. The summed E-state index contributed by atoms with van der Waals surface area (Å²) in [7, 11) is -2.09. The average molecular weight is 300 g/mol. The number of hydrogen-bond acceptors (Lipinski definition) is 5. The first kappa shape index (κ1) is 16.2. The summed E-state index contributed by atoms with van der Waals surface area (Å²) in [5.41, 5.74) is 5.47. The van der Waals surface area contributed by atoms with Crippen molar-refractivity contribution in [2.45, 2.75) is 26.3 Å². The lowest BCUT2D eigenvalue weighted by molar-refractivity contribution is 0.1000. The predicted octanol–water partition coefficient (Wildman–Crippen LogP) is 0.787. The maximum Gasteiger partial charge on any atom is 0.248 e. The van der Waals surface area contributed by atoms with Crippen molar-refractivity contribution in [3.05, 3.63) is 17.7 Å². The van der Waals surface area contributed by atoms with E-state index in [9.17, 15) is 13.2 Å². The first-order valence-electron chi connectivity index (χ1n) is 6.17. The van der Waals surface area contributed by atoms with Crippen molar-refractivity contribution in [2.24, 2.45) is 5.73 Å². The topological polar surface area (TPSA) is 105 Å². The third kappa shape index (κ3) is 4.09. The fourth-order valence-corrected chi connectivity index (χ4v) is 1.85. The molecule has 0 aliphatic rings. The first-order valence-corrected chi connectivity index (χ1v) is 8.02. The molecule has 0 bridgehead atoms. The molecule has 1 aromatic rings. The first-order chi connectivity index (χ1) is 9.15. The van der Waals surface area contributed by atoms with E-state index < -0.39 is 15.9 Å². The van der Waals surface area contributed by atoms with Crippen LogP contribution in [0.4, 0.5) is 11.6 Å². The highest BCUT2D eigenvalue weighted by Gasteiger charge is 2.17. The van der Waals surface area contributed by atoms with Crippen molar-refractivity contribution in [2.75, 3.05) is 22.9 Å². The molecule has 1 heterocycles. The summed E-state index contributed by atoms with van der Waals surface area (Å²) in [6.45, 7) is 3.96. The second-order valence-corrected chi connectivity index (χ2v) is 6.66. The molecule has 0 spiro atoms. The average Bonchev–Trinajstić information content (AvgIpc) is 2.36. The molecule has 7 nitrogen and oxygen atoms in total. The van der Waals surface area contributed by atoms with Gasteiger partial charge < -0.3 is 11.1 Å². The molecule has 112 valence electrons. The number of pyridine rings is 1. The molecule has 1 unspecified atom stereocenters. The molecular formula is C12H20N4O3S. The summed E-state index contributed by atoms with van der Waals surface area (Å²) in [5, 5.41) is 3.09. The SMILES string of the molecule is CCC(C)Nc1cc(C(N)=O)cc(N(C)S(C)(=O)=O)n1. The molecule has 1 rings (SSSR count). The van der Waals surface area contributed by atoms with E-state index in [0.717, 1.165) is 17.0 Å². The van der Waals surface area contributed by atoms with Gasteiger partial charge in [-0.3, -0.25) is 9.10 Å². The van der Waals surface area contributed by atoms with Gasteiger partial charge in [-0.15, -0.1) is 0 Å². The van der Waals surface area contributed by atoms with Crippen LogP contribution in [-0.4, -0.2) is 38.7 Å². The molecule has 3 N–H and O–H groups in total. The maximum absolute atomic E-state index is 11.6. The number of primary amides is 1. The Labute approximate surface area is 119 Å². The Kier molecular flexibility index (Phi) is 4.93. The Morgan fingerprint density at radius 1 is 1.50 bits per heavy atom. The van der Waals surface area contributed by atoms with Gasteiger partial charge in [0.1, 0.15) is 11.6 Å². The summed E-state index contributed by atoms with van der Waals surface area (Å²) >= 11 is 0. The molecule has 20 heavy (non-hydrogen) atoms. The largest absolute Gasteiger partial charge is 0.368 e. The van der Waals surface area contributed by atoms with E-state index in [1.807, 2.05) is 13.8 Å². The zero-order valence-corrected chi connectivity index (χ0v) is 12.9. The van der Waals surface area contributed by atoms with Gasteiger partial charge in [-0.1, -0.05) is 6.92 Å². The van der Waals surface area contributed by atoms with Crippen molar-refractivity contribution in [3.63, 3.8) is 0 Å². The van der Waals surface area contributed by atoms with Crippen LogP contribution in [0.1, 0.15) is 30.6 Å². The number of sulfonamides is 1. The van der Waals surface area contributed by atoms with Gasteiger partial charge in [-0.05, 0) is 25.5 Å². The quantitative estimate of drug-likeness (QED) is 0.808. The van der Waals surface area contributed by atoms with Crippen molar-refractivity contribution >= 4 is 27.6 Å². The fourth-order valence-electron chi connectivity index (χ4n) is 1.42. The highest BCUT2D eigenvalue weighted by atomic mass is 32.2. The standard InChI is InChI=1S/C12H20N4O3S/c1-5-8(2)14-10-6-9(12(13)17)7-11(15-10)16(3)20(4,18)19/h6-8H,5H2,1-4H3,(H2,13,17)(H,14,15). The van der Waals surface area contributed by atoms with Gasteiger partial charge in [0.25, 0.3) is 0 Å². The normalized spacial score (nSPS) is 12.8. The molecular weight excluding hydrogens is 280 g/mol. The van der Waals surface area contributed by atoms with Crippen LogP contribution in [0.5, 0.6) is 0 Å². The van der Waals surface area contributed by atoms with Gasteiger partial charge in [0, 0.05) is 18.7 Å². The van der Waals surface area contributed by atoms with Crippen molar-refractivity contribution in [1.82, 2.24) is 4.98 Å². The van der Waals surface area contributed by atoms with Crippen LogP contribution in [0, 0.1) is 0 Å². The maximum atomic E-state index is 11.6. The van der Waals surface area contributed by atoms with E-state index in [2.05, 4.69) is 10.3 Å². The van der Waals surface area contributed by atoms with Gasteiger partial charge in [0.05, 0.1) is 6.26 Å². The van der Waals surface area contributed by atoms with Crippen molar-refractivity contribution in [1.29, 1.82) is 0 Å². The molecule has 0 saturated carbocycles. The molecule has 0 aromatic carbocycles. The van der Waals surface area contributed by atoms with Gasteiger partial charge in [-0.2, -0.15) is 0 Å². The van der Waals surface area contributed by atoms with E-state index in [1.54, 1.807) is 0 Å². The Morgan fingerprint density at radius 2 is 2.10 bits per heavy atom. The molecule has 1 aromatic heterocycles. The van der Waals surface area contributed by atoms with Gasteiger partial charge in [0.15, 0.2) is 0 Å². The Balaban J connectivity index is 3.28. The van der Waals surface area contributed by atoms with Crippen molar-refractivity contribution in [3.8, 4) is 0 Å². The second-order valence-electron chi connectivity index (χ2n) is 4.65. The lowest BCUT2D eigenvalue weighted by Crippen LogP contribution is -2.27. The lowest BCUT2D eigenvalue weighted by Gasteiger charge is -2.19. The van der Waals surface area contributed by atoms with Gasteiger partial charge in [-0.25, -0.2) is 13.4 Å². The monoisotopic (exact) mass is 300 g/mol. The second kappa shape index (κ2) is 6.08.